The number of hydrogen-bond donors (Lipinski definition) is 1. The average Bonchev–Trinajstić information content (AvgIpc) is 2.45. The van der Waals surface area contributed by atoms with E-state index < -0.39 is 36.3 Å². The third-order valence-electron chi connectivity index (χ3n) is 3.19. The van der Waals surface area contributed by atoms with E-state index in [4.69, 9.17) is 23.7 Å². The molecule has 1 unspecified atom stereocenters. The van der Waals surface area contributed by atoms with E-state index in [1.54, 1.807) is 7.11 Å². The Morgan fingerprint density at radius 1 is 0.900 bits per heavy atom. The molecule has 0 aromatic rings. The van der Waals surface area contributed by atoms with Crippen LogP contribution >= 0.6 is 0 Å². The molecule has 0 aromatic carbocycles. The first-order chi connectivity index (χ1) is 9.48. The van der Waals surface area contributed by atoms with Crippen molar-refractivity contribution in [1.82, 2.24) is 0 Å². The highest BCUT2D eigenvalue weighted by atomic mass is 16.6. The van der Waals surface area contributed by atoms with E-state index in [0.29, 0.717) is 0 Å². The van der Waals surface area contributed by atoms with Crippen molar-refractivity contribution in [2.75, 3.05) is 42.2 Å². The standard InChI is InChI=1S/C13H26O7/c1-8(14)10(15)12(19-5)13(20-6)11(18-4)9(17-3)7-16-2/h9-13,15H,7H2,1-6H3/t9-,10?,11+,12+,13-/m0/s1. The van der Waals surface area contributed by atoms with E-state index in [0.717, 1.165) is 0 Å². The van der Waals surface area contributed by atoms with Gasteiger partial charge in [0.05, 0.1) is 6.61 Å². The number of carbonyl (C=O) groups is 1. The van der Waals surface area contributed by atoms with E-state index in [-0.39, 0.29) is 6.61 Å². The van der Waals surface area contributed by atoms with Crippen LogP contribution < -0.4 is 0 Å². The van der Waals surface area contributed by atoms with Crippen molar-refractivity contribution < 1.29 is 33.6 Å². The Morgan fingerprint density at radius 2 is 1.40 bits per heavy atom. The molecule has 0 spiro atoms. The van der Waals surface area contributed by atoms with Crippen LogP contribution in [0.1, 0.15) is 6.92 Å². The smallest absolute Gasteiger partial charge is 0.160 e. The van der Waals surface area contributed by atoms with Crippen LogP contribution in [0.2, 0.25) is 0 Å². The van der Waals surface area contributed by atoms with Crippen molar-refractivity contribution in [3.05, 3.63) is 0 Å². The van der Waals surface area contributed by atoms with Gasteiger partial charge in [0.15, 0.2) is 5.78 Å². The van der Waals surface area contributed by atoms with Crippen LogP contribution in [0.15, 0.2) is 0 Å². The van der Waals surface area contributed by atoms with E-state index in [9.17, 15) is 9.90 Å². The summed E-state index contributed by atoms with van der Waals surface area (Å²) in [6, 6.07) is 0. The summed E-state index contributed by atoms with van der Waals surface area (Å²) >= 11 is 0. The Bertz CT molecular complexity index is 271. The average molecular weight is 294 g/mol. The molecule has 120 valence electrons. The molecule has 0 aliphatic rings. The Hall–Kier alpha value is -0.570. The highest BCUT2D eigenvalue weighted by molar-refractivity contribution is 5.80. The van der Waals surface area contributed by atoms with Crippen LogP contribution in [0.5, 0.6) is 0 Å². The quantitative estimate of drug-likeness (QED) is 0.557. The van der Waals surface area contributed by atoms with Gasteiger partial charge in [0.25, 0.3) is 0 Å². The second kappa shape index (κ2) is 10.2. The zero-order valence-electron chi connectivity index (χ0n) is 13.0. The molecule has 7 nitrogen and oxygen atoms in total. The zero-order chi connectivity index (χ0) is 15.7. The Kier molecular flexibility index (Phi) is 9.91. The first-order valence-electron chi connectivity index (χ1n) is 6.27. The fourth-order valence-corrected chi connectivity index (χ4v) is 2.09. The summed E-state index contributed by atoms with van der Waals surface area (Å²) in [6.45, 7) is 1.57. The fourth-order valence-electron chi connectivity index (χ4n) is 2.09. The van der Waals surface area contributed by atoms with Crippen molar-refractivity contribution in [3.8, 4) is 0 Å². The lowest BCUT2D eigenvalue weighted by atomic mass is 9.97. The van der Waals surface area contributed by atoms with Crippen molar-refractivity contribution in [3.63, 3.8) is 0 Å². The summed E-state index contributed by atoms with van der Waals surface area (Å²) in [5, 5.41) is 9.93. The molecule has 0 heterocycles. The van der Waals surface area contributed by atoms with Crippen molar-refractivity contribution >= 4 is 5.78 Å². The number of aliphatic hydroxyl groups excluding tert-OH is 1. The second-order valence-corrected chi connectivity index (χ2v) is 4.39. The van der Waals surface area contributed by atoms with E-state index in [1.807, 2.05) is 0 Å². The molecule has 20 heavy (non-hydrogen) atoms. The minimum absolute atomic E-state index is 0.279. The summed E-state index contributed by atoms with van der Waals surface area (Å²) < 4.78 is 26.3. The van der Waals surface area contributed by atoms with Crippen LogP contribution in [-0.2, 0) is 28.5 Å². The van der Waals surface area contributed by atoms with E-state index >= 15 is 0 Å². The maximum atomic E-state index is 11.4. The predicted octanol–water partition coefficient (Wildman–Crippen LogP) is -0.357. The molecule has 1 N–H and O–H groups in total. The topological polar surface area (TPSA) is 83.5 Å². The summed E-state index contributed by atoms with van der Waals surface area (Å²) in [4.78, 5) is 11.4. The number of Topliss-reactive ketones (excluding diaryl/α,β-unsaturated/α-hetero) is 1. The molecular formula is C13H26O7. The molecule has 0 aromatic heterocycles. The first kappa shape index (κ1) is 19.4. The molecule has 0 amide bonds. The van der Waals surface area contributed by atoms with Gasteiger partial charge in [0, 0.05) is 35.5 Å². The highest BCUT2D eigenvalue weighted by Gasteiger charge is 2.40. The number of ketones is 1. The molecule has 5 atom stereocenters. The second-order valence-electron chi connectivity index (χ2n) is 4.39. The Morgan fingerprint density at radius 3 is 1.70 bits per heavy atom. The van der Waals surface area contributed by atoms with Crippen molar-refractivity contribution in [2.45, 2.75) is 37.4 Å². The molecule has 7 heteroatoms. The third-order valence-corrected chi connectivity index (χ3v) is 3.19. The van der Waals surface area contributed by atoms with Crippen LogP contribution in [-0.4, -0.2) is 83.6 Å². The fraction of sp³-hybridized carbons (Fsp3) is 0.923. The van der Waals surface area contributed by atoms with Crippen molar-refractivity contribution in [1.29, 1.82) is 0 Å². The maximum absolute atomic E-state index is 11.4. The molecule has 0 fully saturated rings. The maximum Gasteiger partial charge on any atom is 0.160 e. The van der Waals surface area contributed by atoms with Crippen LogP contribution in [0.3, 0.4) is 0 Å². The van der Waals surface area contributed by atoms with Gasteiger partial charge in [-0.15, -0.1) is 0 Å². The van der Waals surface area contributed by atoms with Gasteiger partial charge in [-0.3, -0.25) is 4.79 Å². The van der Waals surface area contributed by atoms with Gasteiger partial charge in [-0.1, -0.05) is 0 Å². The summed E-state index contributed by atoms with van der Waals surface area (Å²) in [6.07, 6.45) is -3.85. The number of rotatable bonds is 11. The molecule has 0 saturated carbocycles. The number of ether oxygens (including phenoxy) is 5. The van der Waals surface area contributed by atoms with E-state index in [2.05, 4.69) is 0 Å². The normalized spacial score (nSPS) is 19.1. The Labute approximate surface area is 120 Å². The van der Waals surface area contributed by atoms with E-state index in [1.165, 1.54) is 35.4 Å². The minimum Gasteiger partial charge on any atom is -0.382 e. The lowest BCUT2D eigenvalue weighted by Crippen LogP contribution is -2.54. The minimum atomic E-state index is -1.30. The lowest BCUT2D eigenvalue weighted by Gasteiger charge is -2.36. The van der Waals surface area contributed by atoms with Gasteiger partial charge in [0.1, 0.15) is 30.5 Å². The number of carbonyl (C=O) groups excluding carboxylic acids is 1. The van der Waals surface area contributed by atoms with Crippen LogP contribution in [0.4, 0.5) is 0 Å². The molecule has 0 rings (SSSR count). The number of methoxy groups -OCH3 is 5. The van der Waals surface area contributed by atoms with Gasteiger partial charge in [-0.25, -0.2) is 0 Å². The zero-order valence-corrected chi connectivity index (χ0v) is 13.0. The summed E-state index contributed by atoms with van der Waals surface area (Å²) in [5.41, 5.74) is 0. The predicted molar refractivity (Wildman–Crippen MR) is 71.8 cm³/mol. The van der Waals surface area contributed by atoms with Crippen LogP contribution in [0.25, 0.3) is 0 Å². The lowest BCUT2D eigenvalue weighted by molar-refractivity contribution is -0.180. The summed E-state index contributed by atoms with van der Waals surface area (Å²) in [7, 11) is 7.40. The van der Waals surface area contributed by atoms with Crippen LogP contribution in [0, 0.1) is 0 Å². The molecule has 0 aliphatic carbocycles. The SMILES string of the molecule is COC[C@H](OC)[C@@H](OC)[C@H](OC)[C@H](OC)C(O)C(C)=O. The largest absolute Gasteiger partial charge is 0.382 e. The molecule has 0 saturated heterocycles. The Balaban J connectivity index is 5.19. The highest BCUT2D eigenvalue weighted by Crippen LogP contribution is 2.19. The third kappa shape index (κ3) is 5.08. The first-order valence-corrected chi connectivity index (χ1v) is 6.27. The van der Waals surface area contributed by atoms with Gasteiger partial charge in [0.2, 0.25) is 0 Å². The number of aliphatic hydroxyl groups is 1. The van der Waals surface area contributed by atoms with Gasteiger partial charge >= 0.3 is 0 Å². The molecule has 0 aliphatic heterocycles. The molecule has 0 bridgehead atoms. The van der Waals surface area contributed by atoms with Gasteiger partial charge < -0.3 is 28.8 Å². The van der Waals surface area contributed by atoms with Gasteiger partial charge in [-0.05, 0) is 6.92 Å². The molecular weight excluding hydrogens is 268 g/mol. The van der Waals surface area contributed by atoms with Gasteiger partial charge in [-0.2, -0.15) is 0 Å². The van der Waals surface area contributed by atoms with Crippen molar-refractivity contribution in [2.24, 2.45) is 0 Å². The molecule has 0 radical (unpaired) electrons. The monoisotopic (exact) mass is 294 g/mol. The summed E-state index contributed by atoms with van der Waals surface area (Å²) in [5.74, 6) is -0.408. The number of hydrogen-bond acceptors (Lipinski definition) is 7.